The number of hydrogen-bond donors (Lipinski definition) is 2. The van der Waals surface area contributed by atoms with Crippen LogP contribution in [0.5, 0.6) is 0 Å². The van der Waals surface area contributed by atoms with Gasteiger partial charge in [0.2, 0.25) is 0 Å². The van der Waals surface area contributed by atoms with Crippen molar-refractivity contribution in [3.05, 3.63) is 59.0 Å². The van der Waals surface area contributed by atoms with E-state index in [-0.39, 0.29) is 30.5 Å². The van der Waals surface area contributed by atoms with E-state index in [1.807, 2.05) is 43.1 Å². The SMILES string of the molecule is CCNC(=NCC(O)c1ccco1)N(C)Cc1ccc(Cl)cc1.I. The first-order valence-electron chi connectivity index (χ1n) is 7.55. The van der Waals surface area contributed by atoms with Crippen molar-refractivity contribution in [2.45, 2.75) is 19.6 Å². The van der Waals surface area contributed by atoms with Crippen molar-refractivity contribution in [1.29, 1.82) is 0 Å². The Bertz CT molecular complexity index is 617. The summed E-state index contributed by atoms with van der Waals surface area (Å²) in [5.41, 5.74) is 1.13. The first kappa shape index (κ1) is 20.8. The summed E-state index contributed by atoms with van der Waals surface area (Å²) in [5.74, 6) is 1.25. The summed E-state index contributed by atoms with van der Waals surface area (Å²) >= 11 is 5.91. The Morgan fingerprint density at radius 2 is 2.04 bits per heavy atom. The molecule has 24 heavy (non-hydrogen) atoms. The van der Waals surface area contributed by atoms with Crippen LogP contribution < -0.4 is 5.32 Å². The monoisotopic (exact) mass is 463 g/mol. The molecule has 0 bridgehead atoms. The van der Waals surface area contributed by atoms with Gasteiger partial charge >= 0.3 is 0 Å². The molecule has 1 heterocycles. The number of furan rings is 1. The van der Waals surface area contributed by atoms with Crippen molar-refractivity contribution < 1.29 is 9.52 Å². The van der Waals surface area contributed by atoms with E-state index in [9.17, 15) is 5.11 Å². The summed E-state index contributed by atoms with van der Waals surface area (Å²) in [4.78, 5) is 6.48. The number of aliphatic hydroxyl groups excluding tert-OH is 1. The highest BCUT2D eigenvalue weighted by Crippen LogP contribution is 2.14. The first-order valence-corrected chi connectivity index (χ1v) is 7.93. The molecule has 1 atom stereocenters. The van der Waals surface area contributed by atoms with Crippen molar-refractivity contribution in [2.24, 2.45) is 4.99 Å². The quantitative estimate of drug-likeness (QED) is 0.390. The van der Waals surface area contributed by atoms with Crippen molar-refractivity contribution in [1.82, 2.24) is 10.2 Å². The zero-order valence-electron chi connectivity index (χ0n) is 13.8. The summed E-state index contributed by atoms with van der Waals surface area (Å²) in [6.07, 6.45) is 0.794. The van der Waals surface area contributed by atoms with Crippen LogP contribution in [0, 0.1) is 0 Å². The van der Waals surface area contributed by atoms with Gasteiger partial charge in [-0.1, -0.05) is 23.7 Å². The lowest BCUT2D eigenvalue weighted by molar-refractivity contribution is 0.158. The molecule has 0 saturated heterocycles. The molecule has 5 nitrogen and oxygen atoms in total. The Balaban J connectivity index is 0.00000288. The molecule has 7 heteroatoms. The van der Waals surface area contributed by atoms with Gasteiger partial charge in [0.1, 0.15) is 11.9 Å². The van der Waals surface area contributed by atoms with Crippen LogP contribution >= 0.6 is 35.6 Å². The van der Waals surface area contributed by atoms with E-state index < -0.39 is 6.10 Å². The Kier molecular flexibility index (Phi) is 9.17. The molecule has 1 aromatic heterocycles. The molecule has 132 valence electrons. The Labute approximate surface area is 164 Å². The molecule has 2 aromatic rings. The summed E-state index contributed by atoms with van der Waals surface area (Å²) in [7, 11) is 1.95. The predicted octanol–water partition coefficient (Wildman–Crippen LogP) is 3.68. The second-order valence-electron chi connectivity index (χ2n) is 5.21. The van der Waals surface area contributed by atoms with Crippen molar-refractivity contribution >= 4 is 41.5 Å². The number of guanidine groups is 1. The molecule has 0 radical (unpaired) electrons. The topological polar surface area (TPSA) is 61.0 Å². The number of benzene rings is 1. The molecule has 2 rings (SSSR count). The van der Waals surface area contributed by atoms with Crippen LogP contribution in [0.2, 0.25) is 5.02 Å². The summed E-state index contributed by atoms with van der Waals surface area (Å²) in [6.45, 7) is 3.69. The lowest BCUT2D eigenvalue weighted by Gasteiger charge is -2.22. The molecule has 0 saturated carbocycles. The Morgan fingerprint density at radius 3 is 2.62 bits per heavy atom. The number of nitrogens with zero attached hydrogens (tertiary/aromatic N) is 2. The lowest BCUT2D eigenvalue weighted by atomic mass is 10.2. The van der Waals surface area contributed by atoms with Crippen LogP contribution in [0.4, 0.5) is 0 Å². The number of nitrogens with one attached hydrogen (secondary N) is 1. The van der Waals surface area contributed by atoms with Crippen LogP contribution in [-0.4, -0.2) is 36.1 Å². The van der Waals surface area contributed by atoms with E-state index in [2.05, 4.69) is 10.3 Å². The van der Waals surface area contributed by atoms with E-state index in [1.165, 1.54) is 0 Å². The van der Waals surface area contributed by atoms with Crippen LogP contribution in [0.15, 0.2) is 52.1 Å². The highest BCUT2D eigenvalue weighted by atomic mass is 127. The molecule has 2 N–H and O–H groups in total. The number of aliphatic imine (C=N–C) groups is 1. The van der Waals surface area contributed by atoms with Crippen LogP contribution in [0.25, 0.3) is 0 Å². The van der Waals surface area contributed by atoms with Gasteiger partial charge in [-0.2, -0.15) is 0 Å². The molecular formula is C17H23ClIN3O2. The van der Waals surface area contributed by atoms with Gasteiger partial charge < -0.3 is 19.7 Å². The first-order chi connectivity index (χ1) is 11.1. The Morgan fingerprint density at radius 1 is 1.33 bits per heavy atom. The maximum atomic E-state index is 10.1. The zero-order chi connectivity index (χ0) is 16.7. The third kappa shape index (κ3) is 6.33. The van der Waals surface area contributed by atoms with Gasteiger partial charge in [-0.3, -0.25) is 0 Å². The normalized spacial score (nSPS) is 12.4. The van der Waals surface area contributed by atoms with Gasteiger partial charge in [0.05, 0.1) is 12.8 Å². The fourth-order valence-corrected chi connectivity index (χ4v) is 2.28. The van der Waals surface area contributed by atoms with E-state index in [1.54, 1.807) is 18.4 Å². The largest absolute Gasteiger partial charge is 0.467 e. The number of halogens is 2. The number of rotatable bonds is 6. The van der Waals surface area contributed by atoms with E-state index in [0.717, 1.165) is 23.1 Å². The Hall–Kier alpha value is -1.25. The number of aliphatic hydroxyl groups is 1. The van der Waals surface area contributed by atoms with Crippen LogP contribution in [-0.2, 0) is 6.54 Å². The summed E-state index contributed by atoms with van der Waals surface area (Å²) in [5, 5.41) is 14.0. The van der Waals surface area contributed by atoms with Crippen molar-refractivity contribution in [2.75, 3.05) is 20.1 Å². The van der Waals surface area contributed by atoms with Crippen LogP contribution in [0.3, 0.4) is 0 Å². The molecule has 1 aromatic carbocycles. The van der Waals surface area contributed by atoms with E-state index >= 15 is 0 Å². The molecule has 1 unspecified atom stereocenters. The fraction of sp³-hybridized carbons (Fsp3) is 0.353. The van der Waals surface area contributed by atoms with Crippen molar-refractivity contribution in [3.8, 4) is 0 Å². The second kappa shape index (κ2) is 10.6. The fourth-order valence-electron chi connectivity index (χ4n) is 2.15. The lowest BCUT2D eigenvalue weighted by Crippen LogP contribution is -2.38. The summed E-state index contributed by atoms with van der Waals surface area (Å²) in [6, 6.07) is 11.2. The predicted molar refractivity (Wildman–Crippen MR) is 108 cm³/mol. The van der Waals surface area contributed by atoms with Crippen LogP contribution in [0.1, 0.15) is 24.4 Å². The van der Waals surface area contributed by atoms with Gasteiger partial charge in [0.15, 0.2) is 5.96 Å². The third-order valence-corrected chi connectivity index (χ3v) is 3.57. The average molecular weight is 464 g/mol. The maximum absolute atomic E-state index is 10.1. The number of hydrogen-bond acceptors (Lipinski definition) is 3. The summed E-state index contributed by atoms with van der Waals surface area (Å²) < 4.78 is 5.19. The van der Waals surface area contributed by atoms with Gasteiger partial charge in [-0.15, -0.1) is 24.0 Å². The molecule has 0 aliphatic rings. The standard InChI is InChI=1S/C17H22ClN3O2.HI/c1-3-19-17(20-11-15(22)16-5-4-10-23-16)21(2)12-13-6-8-14(18)9-7-13;/h4-10,15,22H,3,11-12H2,1-2H3,(H,19,20);1H. The molecule has 0 spiro atoms. The zero-order valence-corrected chi connectivity index (χ0v) is 16.9. The molecule has 0 fully saturated rings. The van der Waals surface area contributed by atoms with E-state index in [4.69, 9.17) is 16.0 Å². The smallest absolute Gasteiger partial charge is 0.194 e. The van der Waals surface area contributed by atoms with Gasteiger partial charge in [0.25, 0.3) is 0 Å². The minimum atomic E-state index is -0.748. The van der Waals surface area contributed by atoms with Gasteiger partial charge in [-0.25, -0.2) is 4.99 Å². The molecular weight excluding hydrogens is 441 g/mol. The van der Waals surface area contributed by atoms with E-state index in [0.29, 0.717) is 12.3 Å². The third-order valence-electron chi connectivity index (χ3n) is 3.32. The second-order valence-corrected chi connectivity index (χ2v) is 5.64. The molecule has 0 amide bonds. The highest BCUT2D eigenvalue weighted by Gasteiger charge is 2.12. The molecule has 0 aliphatic carbocycles. The minimum Gasteiger partial charge on any atom is -0.467 e. The van der Waals surface area contributed by atoms with Crippen molar-refractivity contribution in [3.63, 3.8) is 0 Å². The van der Waals surface area contributed by atoms with Gasteiger partial charge in [0, 0.05) is 25.2 Å². The van der Waals surface area contributed by atoms with Gasteiger partial charge in [-0.05, 0) is 36.8 Å². The minimum absolute atomic E-state index is 0. The molecule has 0 aliphatic heterocycles. The maximum Gasteiger partial charge on any atom is 0.194 e. The average Bonchev–Trinajstić information content (AvgIpc) is 3.07. The highest BCUT2D eigenvalue weighted by molar-refractivity contribution is 14.0.